The fourth-order valence-electron chi connectivity index (χ4n) is 2.95. The van der Waals surface area contributed by atoms with E-state index in [9.17, 15) is 17.6 Å². The lowest BCUT2D eigenvalue weighted by Crippen LogP contribution is -2.48. The van der Waals surface area contributed by atoms with Crippen molar-refractivity contribution >= 4 is 16.1 Å². The zero-order valence-corrected chi connectivity index (χ0v) is 16.0. The molecule has 1 saturated heterocycles. The summed E-state index contributed by atoms with van der Waals surface area (Å²) in [5, 5.41) is 0. The molecule has 0 aliphatic carbocycles. The lowest BCUT2D eigenvalue weighted by molar-refractivity contribution is -0.134. The predicted molar refractivity (Wildman–Crippen MR) is 94.4 cm³/mol. The van der Waals surface area contributed by atoms with E-state index in [2.05, 4.69) is 0 Å². The Balaban J connectivity index is 2.29. The minimum Gasteiger partial charge on any atom is -0.334 e. The molecule has 1 atom stereocenters. The first-order valence-electron chi connectivity index (χ1n) is 8.34. The second kappa shape index (κ2) is 7.80. The molecular weight excluding hydrogens is 345 g/mol. The highest BCUT2D eigenvalue weighted by Gasteiger charge is 2.36. The molecule has 0 aromatic heterocycles. The maximum atomic E-state index is 13.1. The predicted octanol–water partition coefficient (Wildman–Crippen LogP) is 1.69. The third-order valence-electron chi connectivity index (χ3n) is 4.51. The van der Waals surface area contributed by atoms with Crippen LogP contribution in [-0.4, -0.2) is 61.1 Å². The molecule has 1 aromatic rings. The zero-order chi connectivity index (χ0) is 18.8. The highest BCUT2D eigenvalue weighted by molar-refractivity contribution is 7.86. The molecule has 0 spiro atoms. The van der Waals surface area contributed by atoms with Gasteiger partial charge < -0.3 is 4.90 Å². The topological polar surface area (TPSA) is 60.9 Å². The zero-order valence-electron chi connectivity index (χ0n) is 15.1. The summed E-state index contributed by atoms with van der Waals surface area (Å²) < 4.78 is 40.6. The number of carbonyl (C=O) groups is 1. The molecule has 0 saturated carbocycles. The van der Waals surface area contributed by atoms with Crippen molar-refractivity contribution in [3.05, 3.63) is 35.6 Å². The quantitative estimate of drug-likeness (QED) is 0.791. The van der Waals surface area contributed by atoms with Gasteiger partial charge >= 0.3 is 0 Å². The van der Waals surface area contributed by atoms with Gasteiger partial charge in [0.1, 0.15) is 5.82 Å². The molecule has 2 rings (SSSR count). The Labute approximate surface area is 149 Å². The number of hydrogen-bond donors (Lipinski definition) is 0. The fourth-order valence-corrected chi connectivity index (χ4v) is 4.08. The summed E-state index contributed by atoms with van der Waals surface area (Å²) in [6, 6.07) is 5.79. The van der Waals surface area contributed by atoms with Crippen molar-refractivity contribution in [1.82, 2.24) is 13.5 Å². The largest absolute Gasteiger partial charge is 0.334 e. The van der Waals surface area contributed by atoms with Gasteiger partial charge in [0.15, 0.2) is 0 Å². The summed E-state index contributed by atoms with van der Waals surface area (Å²) in [4.78, 5) is 14.4. The fraction of sp³-hybridized carbons (Fsp3) is 0.588. The maximum Gasteiger partial charge on any atom is 0.281 e. The van der Waals surface area contributed by atoms with E-state index in [0.717, 1.165) is 5.56 Å². The monoisotopic (exact) mass is 371 g/mol. The van der Waals surface area contributed by atoms with Crippen LogP contribution >= 0.6 is 0 Å². The Hall–Kier alpha value is -1.51. The molecular formula is C17H26FN3O3S. The van der Waals surface area contributed by atoms with Crippen molar-refractivity contribution in [2.75, 3.05) is 27.2 Å². The molecule has 25 heavy (non-hydrogen) atoms. The minimum absolute atomic E-state index is 0.0838. The van der Waals surface area contributed by atoms with Gasteiger partial charge in [-0.25, -0.2) is 4.39 Å². The second-order valence-corrected chi connectivity index (χ2v) is 9.00. The van der Waals surface area contributed by atoms with E-state index in [1.54, 1.807) is 17.0 Å². The average molecular weight is 371 g/mol. The van der Waals surface area contributed by atoms with Gasteiger partial charge in [0.25, 0.3) is 10.2 Å². The van der Waals surface area contributed by atoms with Gasteiger partial charge in [-0.05, 0) is 23.6 Å². The Kier molecular flexibility index (Phi) is 6.18. The van der Waals surface area contributed by atoms with Crippen molar-refractivity contribution in [2.45, 2.75) is 32.9 Å². The second-order valence-electron chi connectivity index (χ2n) is 6.86. The number of nitrogens with zero attached hydrogens (tertiary/aromatic N) is 3. The number of benzene rings is 1. The smallest absolute Gasteiger partial charge is 0.281 e. The summed E-state index contributed by atoms with van der Waals surface area (Å²) in [6.07, 6.45) is 0.136. The Morgan fingerprint density at radius 3 is 2.36 bits per heavy atom. The number of halogens is 1. The van der Waals surface area contributed by atoms with E-state index in [4.69, 9.17) is 0 Å². The molecule has 1 aliphatic heterocycles. The van der Waals surface area contributed by atoms with E-state index >= 15 is 0 Å². The molecule has 0 N–H and O–H groups in total. The molecule has 1 aliphatic rings. The van der Waals surface area contributed by atoms with Crippen LogP contribution in [0.3, 0.4) is 0 Å². The highest BCUT2D eigenvalue weighted by atomic mass is 32.2. The van der Waals surface area contributed by atoms with Crippen LogP contribution in [0, 0.1) is 11.7 Å². The molecule has 8 heteroatoms. The molecule has 6 nitrogen and oxygen atoms in total. The van der Waals surface area contributed by atoms with Gasteiger partial charge in [-0.2, -0.15) is 17.0 Å². The van der Waals surface area contributed by atoms with Gasteiger partial charge in [0.2, 0.25) is 5.91 Å². The van der Waals surface area contributed by atoms with Crippen LogP contribution in [-0.2, 0) is 21.5 Å². The molecule has 1 unspecified atom stereocenters. The van der Waals surface area contributed by atoms with E-state index in [0.29, 0.717) is 6.54 Å². The molecule has 1 aromatic carbocycles. The minimum atomic E-state index is -3.58. The Morgan fingerprint density at radius 1 is 1.24 bits per heavy atom. The number of carbonyl (C=O) groups excluding carboxylic acids is 1. The van der Waals surface area contributed by atoms with Crippen LogP contribution in [0.25, 0.3) is 0 Å². The molecule has 1 amide bonds. The normalized spacial score (nSPS) is 20.4. The van der Waals surface area contributed by atoms with Crippen molar-refractivity contribution in [3.8, 4) is 0 Å². The van der Waals surface area contributed by atoms with E-state index < -0.39 is 10.2 Å². The summed E-state index contributed by atoms with van der Waals surface area (Å²) >= 11 is 0. The van der Waals surface area contributed by atoms with Crippen molar-refractivity contribution in [3.63, 3.8) is 0 Å². The van der Waals surface area contributed by atoms with Crippen molar-refractivity contribution in [2.24, 2.45) is 5.92 Å². The van der Waals surface area contributed by atoms with Crippen LogP contribution < -0.4 is 0 Å². The van der Waals surface area contributed by atoms with Gasteiger partial charge in [-0.1, -0.05) is 26.0 Å². The first-order chi connectivity index (χ1) is 11.6. The molecule has 1 heterocycles. The van der Waals surface area contributed by atoms with Gasteiger partial charge in [-0.3, -0.25) is 4.79 Å². The standard InChI is InChI=1S/C17H26FN3O3S/c1-13(2)16-12-20(25(23,24)19(3)4)10-9-17(22)21(16)11-14-5-7-15(18)8-6-14/h5-8,13,16H,9-12H2,1-4H3. The first kappa shape index (κ1) is 19.8. The van der Waals surface area contributed by atoms with Crippen molar-refractivity contribution < 1.29 is 17.6 Å². The molecule has 140 valence electrons. The first-order valence-corrected chi connectivity index (χ1v) is 9.74. The van der Waals surface area contributed by atoms with Crippen LogP contribution in [0.4, 0.5) is 4.39 Å². The molecule has 1 fully saturated rings. The van der Waals surface area contributed by atoms with Crippen LogP contribution in [0.15, 0.2) is 24.3 Å². The van der Waals surface area contributed by atoms with Crippen LogP contribution in [0.2, 0.25) is 0 Å². The summed E-state index contributed by atoms with van der Waals surface area (Å²) in [7, 11) is -0.599. The van der Waals surface area contributed by atoms with E-state index in [1.165, 1.54) is 34.8 Å². The van der Waals surface area contributed by atoms with E-state index in [1.807, 2.05) is 13.8 Å². The van der Waals surface area contributed by atoms with Crippen LogP contribution in [0.1, 0.15) is 25.8 Å². The SMILES string of the molecule is CC(C)C1CN(S(=O)(=O)N(C)C)CCC(=O)N1Cc1ccc(F)cc1. The third kappa shape index (κ3) is 4.56. The number of hydrogen-bond acceptors (Lipinski definition) is 3. The average Bonchev–Trinajstić information content (AvgIpc) is 2.70. The molecule has 0 bridgehead atoms. The van der Waals surface area contributed by atoms with Gasteiger partial charge in [0, 0.05) is 46.2 Å². The Morgan fingerprint density at radius 2 is 1.84 bits per heavy atom. The number of rotatable bonds is 5. The van der Waals surface area contributed by atoms with Gasteiger partial charge in [-0.15, -0.1) is 0 Å². The Bertz CT molecular complexity index is 704. The lowest BCUT2D eigenvalue weighted by atomic mass is 10.0. The maximum absolute atomic E-state index is 13.1. The highest BCUT2D eigenvalue weighted by Crippen LogP contribution is 2.23. The van der Waals surface area contributed by atoms with Gasteiger partial charge in [0.05, 0.1) is 0 Å². The third-order valence-corrected chi connectivity index (χ3v) is 6.42. The summed E-state index contributed by atoms with van der Waals surface area (Å²) in [6.45, 7) is 4.72. The number of amides is 1. The summed E-state index contributed by atoms with van der Waals surface area (Å²) in [5.41, 5.74) is 0.823. The van der Waals surface area contributed by atoms with Crippen LogP contribution in [0.5, 0.6) is 0 Å². The molecule has 0 radical (unpaired) electrons. The van der Waals surface area contributed by atoms with E-state index in [-0.39, 0.29) is 43.2 Å². The van der Waals surface area contributed by atoms with Crippen molar-refractivity contribution in [1.29, 1.82) is 0 Å². The lowest BCUT2D eigenvalue weighted by Gasteiger charge is -2.35. The summed E-state index contributed by atoms with van der Waals surface area (Å²) in [5.74, 6) is -0.323.